The van der Waals surface area contributed by atoms with E-state index >= 15 is 4.39 Å². The molecular weight excluding hydrogens is 461 g/mol. The molecule has 5 unspecified atom stereocenters. The Kier molecular flexibility index (Phi) is 8.01. The van der Waals surface area contributed by atoms with Gasteiger partial charge < -0.3 is 14.2 Å². The van der Waals surface area contributed by atoms with E-state index in [2.05, 4.69) is 18.8 Å². The third-order valence-corrected chi connectivity index (χ3v) is 8.30. The van der Waals surface area contributed by atoms with Gasteiger partial charge in [0.2, 0.25) is 0 Å². The number of aromatic nitrogens is 1. The smallest absolute Gasteiger partial charge is 0.306 e. The number of fused-ring (bicyclic) bond motifs is 1. The average molecular weight is 502 g/mol. The molecule has 1 aromatic heterocycles. The molecule has 3 aliphatic heterocycles. The van der Waals surface area contributed by atoms with Crippen molar-refractivity contribution in [3.63, 3.8) is 0 Å². The minimum atomic E-state index is -1.09. The van der Waals surface area contributed by atoms with E-state index in [4.69, 9.17) is 14.2 Å². The second-order valence-corrected chi connectivity index (χ2v) is 11.8. The van der Waals surface area contributed by atoms with Crippen LogP contribution in [0.3, 0.4) is 0 Å². The maximum atomic E-state index is 15.6. The monoisotopic (exact) mass is 501 g/mol. The Morgan fingerprint density at radius 1 is 1.17 bits per heavy atom. The summed E-state index contributed by atoms with van der Waals surface area (Å²) in [6.07, 6.45) is 7.38. The zero-order valence-corrected chi connectivity index (χ0v) is 22.1. The molecular formula is C29H40FNO5. The number of epoxide rings is 2. The molecule has 3 aliphatic rings. The average Bonchev–Trinajstić information content (AvgIpc) is 3.74. The largest absolute Gasteiger partial charge is 0.455 e. The molecule has 0 aliphatic carbocycles. The summed E-state index contributed by atoms with van der Waals surface area (Å²) in [6, 6.07) is 5.25. The van der Waals surface area contributed by atoms with Crippen LogP contribution >= 0.6 is 0 Å². The number of hydrogen-bond acceptors (Lipinski definition) is 6. The highest BCUT2D eigenvalue weighted by Crippen LogP contribution is 2.58. The van der Waals surface area contributed by atoms with Gasteiger partial charge in [0, 0.05) is 37.3 Å². The summed E-state index contributed by atoms with van der Waals surface area (Å²) in [5, 5.41) is 0. The zero-order valence-electron chi connectivity index (χ0n) is 22.1. The first-order valence-electron chi connectivity index (χ1n) is 13.3. The number of carbonyl (C=O) groups is 2. The van der Waals surface area contributed by atoms with Crippen molar-refractivity contribution in [1.29, 1.82) is 0 Å². The van der Waals surface area contributed by atoms with Gasteiger partial charge in [0.25, 0.3) is 0 Å². The van der Waals surface area contributed by atoms with E-state index in [1.54, 1.807) is 24.4 Å². The quantitative estimate of drug-likeness (QED) is 0.373. The Morgan fingerprint density at radius 2 is 1.94 bits per heavy atom. The number of cyclic esters (lactones) is 1. The van der Waals surface area contributed by atoms with E-state index < -0.39 is 34.5 Å². The molecule has 0 N–H and O–H groups in total. The summed E-state index contributed by atoms with van der Waals surface area (Å²) in [4.78, 5) is 30.0. The van der Waals surface area contributed by atoms with E-state index in [-0.39, 0.29) is 24.7 Å². The number of ketones is 1. The van der Waals surface area contributed by atoms with Gasteiger partial charge in [-0.05, 0) is 50.3 Å². The van der Waals surface area contributed by atoms with Crippen LogP contribution < -0.4 is 0 Å². The molecule has 6 nitrogen and oxygen atoms in total. The Morgan fingerprint density at radius 3 is 2.64 bits per heavy atom. The third-order valence-electron chi connectivity index (χ3n) is 8.30. The molecule has 3 saturated heterocycles. The first-order valence-corrected chi connectivity index (χ1v) is 13.3. The van der Waals surface area contributed by atoms with Crippen LogP contribution in [-0.2, 0) is 23.8 Å². The van der Waals surface area contributed by atoms with Crippen LogP contribution in [0.25, 0.3) is 6.08 Å². The van der Waals surface area contributed by atoms with Gasteiger partial charge in [0.1, 0.15) is 17.2 Å². The number of pyridine rings is 1. The minimum absolute atomic E-state index is 0.0541. The molecule has 4 heterocycles. The Labute approximate surface area is 214 Å². The Hall–Kier alpha value is -2.12. The first-order chi connectivity index (χ1) is 17.0. The first kappa shape index (κ1) is 26.9. The molecule has 0 aromatic carbocycles. The molecule has 36 heavy (non-hydrogen) atoms. The van der Waals surface area contributed by atoms with Crippen LogP contribution in [0.2, 0.25) is 0 Å². The lowest BCUT2D eigenvalue weighted by atomic mass is 9.79. The van der Waals surface area contributed by atoms with Crippen molar-refractivity contribution in [2.24, 2.45) is 11.3 Å². The van der Waals surface area contributed by atoms with Gasteiger partial charge in [0.15, 0.2) is 6.10 Å². The fourth-order valence-electron chi connectivity index (χ4n) is 5.45. The number of esters is 1. The van der Waals surface area contributed by atoms with Crippen molar-refractivity contribution in [1.82, 2.24) is 4.98 Å². The molecule has 0 bridgehead atoms. The summed E-state index contributed by atoms with van der Waals surface area (Å²) >= 11 is 0. The highest BCUT2D eigenvalue weighted by Gasteiger charge is 2.68. The second-order valence-electron chi connectivity index (χ2n) is 11.8. The van der Waals surface area contributed by atoms with Gasteiger partial charge in [-0.1, -0.05) is 39.7 Å². The maximum Gasteiger partial charge on any atom is 0.306 e. The fraction of sp³-hybridized carbons (Fsp3) is 0.690. The molecule has 0 amide bonds. The zero-order chi connectivity index (χ0) is 26.0. The van der Waals surface area contributed by atoms with Gasteiger partial charge in [0.05, 0.1) is 24.0 Å². The van der Waals surface area contributed by atoms with Gasteiger partial charge in [-0.25, -0.2) is 4.39 Å². The van der Waals surface area contributed by atoms with Crippen LogP contribution in [0, 0.1) is 11.3 Å². The number of ether oxygens (including phenoxy) is 3. The molecule has 3 fully saturated rings. The molecule has 1 aromatic rings. The van der Waals surface area contributed by atoms with Crippen molar-refractivity contribution >= 4 is 17.8 Å². The summed E-state index contributed by atoms with van der Waals surface area (Å²) < 4.78 is 33.3. The van der Waals surface area contributed by atoms with Crippen molar-refractivity contribution in [2.75, 3.05) is 6.61 Å². The topological polar surface area (TPSA) is 81.3 Å². The molecule has 0 saturated carbocycles. The molecule has 0 spiro atoms. The predicted octanol–water partition coefficient (Wildman–Crippen LogP) is 5.99. The SMILES string of the molecule is CC1CCCC2(C)OC2(CC2CO2)CC(C(F)=Cc2ccccn2)OC(=O)CCC(C)(C)C(=O)CC1. The summed E-state index contributed by atoms with van der Waals surface area (Å²) in [5.74, 6) is -0.474. The van der Waals surface area contributed by atoms with E-state index in [1.165, 1.54) is 6.08 Å². The molecule has 198 valence electrons. The lowest BCUT2D eigenvalue weighted by Gasteiger charge is -2.26. The van der Waals surface area contributed by atoms with Crippen molar-refractivity contribution in [3.8, 4) is 0 Å². The summed E-state index contributed by atoms with van der Waals surface area (Å²) in [5.41, 5.74) is -1.21. The lowest BCUT2D eigenvalue weighted by molar-refractivity contribution is -0.149. The van der Waals surface area contributed by atoms with E-state index in [1.807, 2.05) is 13.8 Å². The highest BCUT2D eigenvalue weighted by atomic mass is 19.1. The third kappa shape index (κ3) is 6.60. The summed E-state index contributed by atoms with van der Waals surface area (Å²) in [6.45, 7) is 8.70. The number of carbonyl (C=O) groups excluding carboxylic acids is 2. The number of hydrogen-bond donors (Lipinski definition) is 0. The lowest BCUT2D eigenvalue weighted by Crippen LogP contribution is -2.33. The van der Waals surface area contributed by atoms with Crippen molar-refractivity contribution in [2.45, 2.75) is 109 Å². The van der Waals surface area contributed by atoms with Crippen LogP contribution in [0.15, 0.2) is 30.2 Å². The highest BCUT2D eigenvalue weighted by molar-refractivity contribution is 5.84. The van der Waals surface area contributed by atoms with Gasteiger partial charge in [-0.3, -0.25) is 14.6 Å². The molecule has 5 atom stereocenters. The molecule has 0 radical (unpaired) electrons. The van der Waals surface area contributed by atoms with Crippen molar-refractivity contribution in [3.05, 3.63) is 35.9 Å². The van der Waals surface area contributed by atoms with Crippen LogP contribution in [0.5, 0.6) is 0 Å². The Bertz CT molecular complexity index is 975. The van der Waals surface area contributed by atoms with Crippen molar-refractivity contribution < 1.29 is 28.2 Å². The standard InChI is InChI=1S/C29H40FNO5/c1-20-8-7-13-28(4)29(36-28,17-22-19-34-22)18-24(23(30)16-21-9-5-6-15-31-21)35-26(33)12-14-27(2,3)25(32)11-10-20/h5-6,9,15-16,20,22,24H,7-8,10-14,17-19H2,1-4H3. The van der Waals surface area contributed by atoms with Gasteiger partial charge in [-0.2, -0.15) is 0 Å². The predicted molar refractivity (Wildman–Crippen MR) is 135 cm³/mol. The maximum absolute atomic E-state index is 15.6. The van der Waals surface area contributed by atoms with E-state index in [9.17, 15) is 9.59 Å². The number of halogens is 1. The Balaban J connectivity index is 1.59. The minimum Gasteiger partial charge on any atom is -0.455 e. The van der Waals surface area contributed by atoms with Gasteiger partial charge in [-0.15, -0.1) is 0 Å². The fourth-order valence-corrected chi connectivity index (χ4v) is 5.45. The van der Waals surface area contributed by atoms with E-state index in [0.717, 1.165) is 25.7 Å². The molecule has 4 rings (SSSR count). The normalized spacial score (nSPS) is 36.0. The number of Topliss-reactive ketones (excluding diaryl/α,β-unsaturated/α-hetero) is 1. The van der Waals surface area contributed by atoms with Crippen LogP contribution in [0.4, 0.5) is 4.39 Å². The number of nitrogens with zero attached hydrogens (tertiary/aromatic N) is 1. The summed E-state index contributed by atoms with van der Waals surface area (Å²) in [7, 11) is 0. The van der Waals surface area contributed by atoms with Crippen LogP contribution in [0.1, 0.15) is 91.2 Å². The van der Waals surface area contributed by atoms with Gasteiger partial charge >= 0.3 is 5.97 Å². The number of rotatable bonds is 4. The second kappa shape index (κ2) is 10.7. The van der Waals surface area contributed by atoms with E-state index in [0.29, 0.717) is 37.5 Å². The molecule has 7 heteroatoms. The van der Waals surface area contributed by atoms with Crippen LogP contribution in [-0.4, -0.2) is 46.8 Å².